The number of benzene rings is 4. The molecule has 0 radical (unpaired) electrons. The van der Waals surface area contributed by atoms with E-state index >= 15 is 0 Å². The Morgan fingerprint density at radius 3 is 2.44 bits per heavy atom. The summed E-state index contributed by atoms with van der Waals surface area (Å²) in [6, 6.07) is 22.1. The van der Waals surface area contributed by atoms with Crippen molar-refractivity contribution in [2.45, 2.75) is 85.2 Å². The van der Waals surface area contributed by atoms with Crippen molar-refractivity contribution in [3.63, 3.8) is 0 Å². The number of aryl methyl sites for hydroxylation is 1. The summed E-state index contributed by atoms with van der Waals surface area (Å²) >= 11 is 7.95. The molecule has 5 N–H and O–H groups in total. The Morgan fingerprint density at radius 2 is 1.70 bits per heavy atom. The number of hydrogen-bond acceptors (Lipinski definition) is 14. The van der Waals surface area contributed by atoms with Crippen molar-refractivity contribution in [3.05, 3.63) is 159 Å². The van der Waals surface area contributed by atoms with E-state index in [9.17, 15) is 28.0 Å². The number of carbonyl (C=O) groups is 4. The van der Waals surface area contributed by atoms with Crippen molar-refractivity contribution in [2.24, 2.45) is 10.4 Å². The maximum absolute atomic E-state index is 15.0. The number of thiazole rings is 1. The molecule has 4 amide bonds. The van der Waals surface area contributed by atoms with Crippen LogP contribution < -0.4 is 26.6 Å². The Bertz CT molecular complexity index is 3350. The first-order valence-electron chi connectivity index (χ1n) is 25.9. The highest BCUT2D eigenvalue weighted by molar-refractivity contribution is 7.13. The highest BCUT2D eigenvalue weighted by Crippen LogP contribution is 2.35. The Labute approximate surface area is 464 Å². The first-order valence-corrected chi connectivity index (χ1v) is 27.2. The molecule has 2 aliphatic rings. The van der Waals surface area contributed by atoms with Gasteiger partial charge in [0.05, 0.1) is 72.1 Å². The van der Waals surface area contributed by atoms with Gasteiger partial charge in [-0.05, 0) is 84.8 Å². The van der Waals surface area contributed by atoms with Gasteiger partial charge in [-0.3, -0.25) is 24.2 Å². The normalized spacial score (nSPS) is 14.4. The molecule has 0 saturated carbocycles. The van der Waals surface area contributed by atoms with Gasteiger partial charge < -0.3 is 36.2 Å². The third kappa shape index (κ3) is 13.9. The number of anilines is 2. The van der Waals surface area contributed by atoms with Crippen LogP contribution in [-0.2, 0) is 45.3 Å². The molecule has 2 aliphatic heterocycles. The Morgan fingerprint density at radius 1 is 0.911 bits per heavy atom. The van der Waals surface area contributed by atoms with E-state index in [1.165, 1.54) is 18.2 Å². The molecule has 4 aromatic carbocycles. The number of nitrogens with one attached hydrogen (secondary N) is 5. The van der Waals surface area contributed by atoms with Gasteiger partial charge in [-0.15, -0.1) is 16.4 Å². The van der Waals surface area contributed by atoms with Crippen LogP contribution in [0.2, 0.25) is 5.02 Å². The molecule has 22 heteroatoms. The molecule has 0 aliphatic carbocycles. The summed E-state index contributed by atoms with van der Waals surface area (Å²) in [6.45, 7) is 10.7. The molecule has 7 aromatic rings. The SMILES string of the molecule is Cc1ncsc1-c1ccc(CNC(=O)[C@@H]2CCCN2C(=O)C(NC(=O)CCNCCOCCn2cc(CNC(=O)c3ccc(Nc4ncc5c(n4)-c4ccc(Cl)cc4C(c4c(F)cccc4F)=NC5)cc3)nn2)C(C)(C)C)cc1. The first kappa shape index (κ1) is 55.9. The van der Waals surface area contributed by atoms with Crippen molar-refractivity contribution in [2.75, 3.05) is 38.2 Å². The number of ether oxygens (including phenoxy) is 1. The third-order valence-electron chi connectivity index (χ3n) is 13.5. The van der Waals surface area contributed by atoms with Crippen LogP contribution in [0.3, 0.4) is 0 Å². The van der Waals surface area contributed by atoms with Crippen molar-refractivity contribution in [1.29, 1.82) is 0 Å². The zero-order valence-electron chi connectivity index (χ0n) is 44.1. The van der Waals surface area contributed by atoms with Crippen LogP contribution in [-0.4, -0.2) is 109 Å². The van der Waals surface area contributed by atoms with E-state index in [1.807, 2.05) is 57.5 Å². The van der Waals surface area contributed by atoms with Gasteiger partial charge in [0.25, 0.3) is 5.91 Å². The van der Waals surface area contributed by atoms with Crippen LogP contribution in [0.15, 0.2) is 108 Å². The number of aromatic nitrogens is 6. The van der Waals surface area contributed by atoms with Gasteiger partial charge in [-0.25, -0.2) is 28.4 Å². The fraction of sp³-hybridized carbons (Fsp3) is 0.333. The van der Waals surface area contributed by atoms with Gasteiger partial charge in [0, 0.05) is 71.8 Å². The molecule has 1 unspecified atom stereocenters. The van der Waals surface area contributed by atoms with E-state index in [0.717, 1.165) is 21.7 Å². The van der Waals surface area contributed by atoms with Gasteiger partial charge in [-0.1, -0.05) is 74.0 Å². The molecular weight excluding hydrogens is 1050 g/mol. The topological polar surface area (TPSA) is 223 Å². The number of nitrogens with zero attached hydrogens (tertiary/aromatic N) is 8. The highest BCUT2D eigenvalue weighted by atomic mass is 35.5. The summed E-state index contributed by atoms with van der Waals surface area (Å²) in [7, 11) is 0. The fourth-order valence-electron chi connectivity index (χ4n) is 9.30. The summed E-state index contributed by atoms with van der Waals surface area (Å²) in [6.07, 6.45) is 4.74. The largest absolute Gasteiger partial charge is 0.378 e. The second kappa shape index (κ2) is 25.3. The smallest absolute Gasteiger partial charge is 0.251 e. The minimum Gasteiger partial charge on any atom is -0.378 e. The Balaban J connectivity index is 0.662. The molecule has 3 aromatic heterocycles. The number of aliphatic imine (C=N–C) groups is 1. The lowest BCUT2D eigenvalue weighted by Gasteiger charge is -2.35. The minimum absolute atomic E-state index is 0.0799. The van der Waals surface area contributed by atoms with Gasteiger partial charge in [0.15, 0.2) is 0 Å². The van der Waals surface area contributed by atoms with Crippen LogP contribution in [0.4, 0.5) is 20.4 Å². The number of halogens is 3. The number of amides is 4. The number of likely N-dealkylation sites (tertiary alicyclic amines) is 1. The average molecular weight is 1110 g/mol. The number of rotatable bonds is 21. The van der Waals surface area contributed by atoms with Crippen LogP contribution in [0.5, 0.6) is 0 Å². The molecular formula is C57H60ClF2N13O5S. The van der Waals surface area contributed by atoms with Crippen molar-refractivity contribution < 1.29 is 32.7 Å². The molecule has 1 fully saturated rings. The molecule has 410 valence electrons. The van der Waals surface area contributed by atoms with E-state index in [-0.39, 0.29) is 60.4 Å². The van der Waals surface area contributed by atoms with Crippen molar-refractivity contribution >= 4 is 63.9 Å². The van der Waals surface area contributed by atoms with Gasteiger partial charge >= 0.3 is 0 Å². The quantitative estimate of drug-likeness (QED) is 0.0433. The van der Waals surface area contributed by atoms with Gasteiger partial charge in [0.2, 0.25) is 23.7 Å². The zero-order valence-corrected chi connectivity index (χ0v) is 45.7. The van der Waals surface area contributed by atoms with Crippen LogP contribution in [0.1, 0.15) is 84.0 Å². The summed E-state index contributed by atoms with van der Waals surface area (Å²) in [4.78, 5) is 74.5. The molecule has 1 saturated heterocycles. The van der Waals surface area contributed by atoms with E-state index in [2.05, 4.69) is 51.9 Å². The molecule has 5 heterocycles. The summed E-state index contributed by atoms with van der Waals surface area (Å²) in [5.74, 6) is -2.29. The standard InChI is InChI=1S/C57H60ClF2N13O5S/c1-34-51(79-33-66-34)36-12-10-35(11-13-36)28-63-54(76)46-9-6-23-73(46)55(77)52(57(2,3)4)68-47(74)20-21-61-22-25-78-26-24-72-32-41(70-71-72)31-64-53(75)37-14-17-40(18-15-37)67-56-65-30-38-29-62-50(48-44(59)7-5-8-45(48)60)43-27-39(58)16-19-42(43)49(38)69-56/h5,7-8,10-19,27,30,32-33,46,52,61H,6,9,20-26,28-29,31H2,1-4H3,(H,63,76)(H,64,75)(H,68,74)(H,65,67,69)/t46-,52?/m0/s1. The van der Waals surface area contributed by atoms with Crippen LogP contribution in [0.25, 0.3) is 21.7 Å². The minimum atomic E-state index is -0.813. The first-order chi connectivity index (χ1) is 38.1. The lowest BCUT2D eigenvalue weighted by atomic mass is 9.85. The molecule has 18 nitrogen and oxygen atoms in total. The fourth-order valence-corrected chi connectivity index (χ4v) is 10.3. The van der Waals surface area contributed by atoms with Gasteiger partial charge in [0.1, 0.15) is 29.4 Å². The highest BCUT2D eigenvalue weighted by Gasteiger charge is 2.42. The van der Waals surface area contributed by atoms with E-state index in [4.69, 9.17) is 21.3 Å². The third-order valence-corrected chi connectivity index (χ3v) is 14.7. The summed E-state index contributed by atoms with van der Waals surface area (Å²) in [5.41, 5.74) is 7.90. The monoisotopic (exact) mass is 1110 g/mol. The predicted octanol–water partition coefficient (Wildman–Crippen LogP) is 7.96. The van der Waals surface area contributed by atoms with Crippen LogP contribution >= 0.6 is 22.9 Å². The van der Waals surface area contributed by atoms with E-state index < -0.39 is 29.1 Å². The van der Waals surface area contributed by atoms with Crippen molar-refractivity contribution in [1.82, 2.24) is 56.1 Å². The predicted molar refractivity (Wildman–Crippen MR) is 298 cm³/mol. The second-order valence-electron chi connectivity index (χ2n) is 20.2. The maximum atomic E-state index is 15.0. The summed E-state index contributed by atoms with van der Waals surface area (Å²) < 4.78 is 37.4. The molecule has 0 spiro atoms. The van der Waals surface area contributed by atoms with Gasteiger partial charge in [-0.2, -0.15) is 0 Å². The molecule has 2 atom stereocenters. The number of carbonyl (C=O) groups excluding carboxylic acids is 4. The number of hydrogen-bond donors (Lipinski definition) is 5. The van der Waals surface area contributed by atoms with E-state index in [1.54, 1.807) is 75.8 Å². The van der Waals surface area contributed by atoms with Crippen LogP contribution in [0, 0.1) is 24.0 Å². The molecule has 79 heavy (non-hydrogen) atoms. The maximum Gasteiger partial charge on any atom is 0.251 e. The molecule has 0 bridgehead atoms. The number of fused-ring (bicyclic) bond motifs is 3. The zero-order chi connectivity index (χ0) is 55.6. The lowest BCUT2D eigenvalue weighted by Crippen LogP contribution is -2.57. The lowest BCUT2D eigenvalue weighted by molar-refractivity contribution is -0.143. The Hall–Kier alpha value is -7.85. The molecule has 9 rings (SSSR count). The summed E-state index contributed by atoms with van der Waals surface area (Å²) in [5, 5.41) is 23.9. The second-order valence-corrected chi connectivity index (χ2v) is 21.5. The van der Waals surface area contributed by atoms with Crippen molar-refractivity contribution in [3.8, 4) is 21.7 Å². The average Bonchev–Trinajstić information content (AvgIpc) is 4.27. The Kier molecular flexibility index (Phi) is 17.9. The van der Waals surface area contributed by atoms with E-state index in [0.29, 0.717) is 103 Å².